The molecule has 0 aromatic heterocycles. The number of amides is 4. The lowest BCUT2D eigenvalue weighted by Crippen LogP contribution is -2.54. The second-order valence-corrected chi connectivity index (χ2v) is 9.94. The molecule has 0 radical (unpaired) electrons. The van der Waals surface area contributed by atoms with Gasteiger partial charge >= 0.3 is 0 Å². The quantitative estimate of drug-likeness (QED) is 0.660. The van der Waals surface area contributed by atoms with Gasteiger partial charge in [0.25, 0.3) is 11.8 Å². The third-order valence-corrected chi connectivity index (χ3v) is 7.78. The Bertz CT molecular complexity index is 963. The van der Waals surface area contributed by atoms with Gasteiger partial charge in [0.1, 0.15) is 6.04 Å². The van der Waals surface area contributed by atoms with Gasteiger partial charge in [-0.2, -0.15) is 0 Å². The number of carbonyl (C=O) groups excluding carboxylic acids is 4. The topological polar surface area (TPSA) is 98.8 Å². The number of hydrogen-bond acceptors (Lipinski definition) is 6. The number of imide groups is 2. The third kappa shape index (κ3) is 4.46. The zero-order valence-corrected chi connectivity index (χ0v) is 19.0. The maximum absolute atomic E-state index is 13.3. The molecule has 3 fully saturated rings. The summed E-state index contributed by atoms with van der Waals surface area (Å²) in [6.07, 6.45) is 6.55. The Balaban J connectivity index is 1.24. The van der Waals surface area contributed by atoms with Crippen molar-refractivity contribution in [3.63, 3.8) is 0 Å². The van der Waals surface area contributed by atoms with Crippen molar-refractivity contribution >= 4 is 23.6 Å². The largest absolute Gasteiger partial charge is 0.317 e. The highest BCUT2D eigenvalue weighted by Crippen LogP contribution is 2.32. The molecule has 8 heteroatoms. The molecule has 4 amide bonds. The lowest BCUT2D eigenvalue weighted by molar-refractivity contribution is -0.136. The van der Waals surface area contributed by atoms with Crippen molar-refractivity contribution in [2.24, 2.45) is 11.8 Å². The molecule has 4 aliphatic heterocycles. The summed E-state index contributed by atoms with van der Waals surface area (Å²) in [4.78, 5) is 53.6. The molecule has 33 heavy (non-hydrogen) atoms. The van der Waals surface area contributed by atoms with Gasteiger partial charge in [-0.15, -0.1) is 0 Å². The summed E-state index contributed by atoms with van der Waals surface area (Å²) in [7, 11) is 0. The Labute approximate surface area is 194 Å². The van der Waals surface area contributed by atoms with Crippen LogP contribution in [-0.4, -0.2) is 65.6 Å². The number of benzene rings is 1. The summed E-state index contributed by atoms with van der Waals surface area (Å²) in [6, 6.07) is 4.47. The summed E-state index contributed by atoms with van der Waals surface area (Å²) >= 11 is 0. The van der Waals surface area contributed by atoms with E-state index in [1.165, 1.54) is 32.1 Å². The first-order valence-electron chi connectivity index (χ1n) is 12.3. The number of piperidine rings is 3. The normalized spacial score (nSPS) is 25.5. The molecule has 1 aromatic carbocycles. The first-order chi connectivity index (χ1) is 16.0. The second kappa shape index (κ2) is 9.35. The predicted molar refractivity (Wildman–Crippen MR) is 121 cm³/mol. The average Bonchev–Trinajstić information content (AvgIpc) is 3.07. The molecule has 3 saturated heterocycles. The smallest absolute Gasteiger partial charge is 0.262 e. The van der Waals surface area contributed by atoms with Crippen molar-refractivity contribution < 1.29 is 19.2 Å². The zero-order valence-electron chi connectivity index (χ0n) is 19.0. The number of fused-ring (bicyclic) bond motifs is 1. The number of hydrogen-bond donors (Lipinski definition) is 2. The van der Waals surface area contributed by atoms with E-state index in [0.29, 0.717) is 17.7 Å². The average molecular weight is 453 g/mol. The summed E-state index contributed by atoms with van der Waals surface area (Å²) in [5, 5.41) is 5.69. The standard InChI is InChI=1S/C25H32N4O4/c30-21-5-4-20(23(31)27-21)29-24(32)19-3-1-2-18(22(19)25(29)33)15-28-12-8-17(9-13-28)14-16-6-10-26-11-7-16/h1-3,16-17,20,26H,4-15H2,(H,27,30,31). The predicted octanol–water partition coefficient (Wildman–Crippen LogP) is 1.69. The molecule has 4 heterocycles. The first-order valence-corrected chi connectivity index (χ1v) is 12.3. The fourth-order valence-electron chi connectivity index (χ4n) is 5.93. The molecule has 0 saturated carbocycles. The second-order valence-electron chi connectivity index (χ2n) is 9.94. The van der Waals surface area contributed by atoms with Crippen LogP contribution in [0.3, 0.4) is 0 Å². The van der Waals surface area contributed by atoms with E-state index in [1.807, 2.05) is 12.1 Å². The van der Waals surface area contributed by atoms with Crippen molar-refractivity contribution in [3.8, 4) is 0 Å². The fraction of sp³-hybridized carbons (Fsp3) is 0.600. The van der Waals surface area contributed by atoms with Gasteiger partial charge in [0.15, 0.2) is 0 Å². The molecule has 1 atom stereocenters. The molecule has 0 bridgehead atoms. The highest BCUT2D eigenvalue weighted by molar-refractivity contribution is 6.24. The molecule has 1 unspecified atom stereocenters. The Morgan fingerprint density at radius 2 is 1.61 bits per heavy atom. The first kappa shape index (κ1) is 22.2. The van der Waals surface area contributed by atoms with Gasteiger partial charge in [-0.3, -0.25) is 34.3 Å². The highest BCUT2D eigenvalue weighted by atomic mass is 16.2. The molecule has 176 valence electrons. The molecule has 0 spiro atoms. The lowest BCUT2D eigenvalue weighted by Gasteiger charge is -2.35. The van der Waals surface area contributed by atoms with Crippen LogP contribution in [0.15, 0.2) is 18.2 Å². The molecule has 5 rings (SSSR count). The SMILES string of the molecule is O=C1CCC(N2C(=O)c3cccc(CN4CCC(CC5CCNCC5)CC4)c3C2=O)C(=O)N1. The molecule has 2 N–H and O–H groups in total. The minimum Gasteiger partial charge on any atom is -0.317 e. The monoisotopic (exact) mass is 452 g/mol. The third-order valence-electron chi connectivity index (χ3n) is 7.78. The van der Waals surface area contributed by atoms with Crippen molar-refractivity contribution in [2.75, 3.05) is 26.2 Å². The van der Waals surface area contributed by atoms with E-state index in [2.05, 4.69) is 15.5 Å². The van der Waals surface area contributed by atoms with E-state index >= 15 is 0 Å². The molecule has 4 aliphatic rings. The van der Waals surface area contributed by atoms with Gasteiger partial charge in [0.2, 0.25) is 11.8 Å². The zero-order chi connectivity index (χ0) is 22.9. The molecular weight excluding hydrogens is 420 g/mol. The van der Waals surface area contributed by atoms with Gasteiger partial charge in [-0.1, -0.05) is 12.1 Å². The van der Waals surface area contributed by atoms with Crippen LogP contribution in [0.2, 0.25) is 0 Å². The van der Waals surface area contributed by atoms with E-state index in [4.69, 9.17) is 0 Å². The van der Waals surface area contributed by atoms with Gasteiger partial charge in [0, 0.05) is 13.0 Å². The van der Waals surface area contributed by atoms with Gasteiger partial charge in [-0.05, 0) is 88.2 Å². The van der Waals surface area contributed by atoms with E-state index in [0.717, 1.165) is 48.5 Å². The molecular formula is C25H32N4O4. The summed E-state index contributed by atoms with van der Waals surface area (Å²) in [5.74, 6) is -0.165. The van der Waals surface area contributed by atoms with Crippen molar-refractivity contribution in [3.05, 3.63) is 34.9 Å². The number of nitrogens with one attached hydrogen (secondary N) is 2. The number of carbonyl (C=O) groups is 4. The Hall–Kier alpha value is -2.58. The van der Waals surface area contributed by atoms with Crippen LogP contribution >= 0.6 is 0 Å². The summed E-state index contributed by atoms with van der Waals surface area (Å²) < 4.78 is 0. The van der Waals surface area contributed by atoms with Gasteiger partial charge < -0.3 is 5.32 Å². The van der Waals surface area contributed by atoms with E-state index in [1.54, 1.807) is 6.07 Å². The van der Waals surface area contributed by atoms with E-state index in [-0.39, 0.29) is 18.7 Å². The minimum absolute atomic E-state index is 0.128. The Kier molecular flexibility index (Phi) is 6.29. The number of likely N-dealkylation sites (tertiary alicyclic amines) is 1. The number of nitrogens with zero attached hydrogens (tertiary/aromatic N) is 2. The van der Waals surface area contributed by atoms with Crippen molar-refractivity contribution in [1.29, 1.82) is 0 Å². The Morgan fingerprint density at radius 1 is 0.879 bits per heavy atom. The highest BCUT2D eigenvalue weighted by Gasteiger charge is 2.45. The van der Waals surface area contributed by atoms with Crippen LogP contribution in [0.25, 0.3) is 0 Å². The maximum atomic E-state index is 13.3. The number of rotatable bonds is 5. The lowest BCUT2D eigenvalue weighted by atomic mass is 9.83. The van der Waals surface area contributed by atoms with Crippen LogP contribution in [0.1, 0.15) is 71.2 Å². The van der Waals surface area contributed by atoms with Gasteiger partial charge in [0.05, 0.1) is 11.1 Å². The van der Waals surface area contributed by atoms with E-state index < -0.39 is 23.8 Å². The minimum atomic E-state index is -0.923. The Morgan fingerprint density at radius 3 is 2.33 bits per heavy atom. The van der Waals surface area contributed by atoms with Crippen LogP contribution < -0.4 is 10.6 Å². The van der Waals surface area contributed by atoms with Crippen LogP contribution in [0.4, 0.5) is 0 Å². The summed E-state index contributed by atoms with van der Waals surface area (Å²) in [6.45, 7) is 4.92. The molecule has 0 aliphatic carbocycles. The van der Waals surface area contributed by atoms with Crippen LogP contribution in [0.5, 0.6) is 0 Å². The van der Waals surface area contributed by atoms with Crippen LogP contribution in [-0.2, 0) is 16.1 Å². The molecule has 1 aromatic rings. The van der Waals surface area contributed by atoms with Crippen molar-refractivity contribution in [2.45, 2.75) is 57.5 Å². The maximum Gasteiger partial charge on any atom is 0.262 e. The van der Waals surface area contributed by atoms with E-state index in [9.17, 15) is 19.2 Å². The van der Waals surface area contributed by atoms with Crippen LogP contribution in [0, 0.1) is 11.8 Å². The van der Waals surface area contributed by atoms with Gasteiger partial charge in [-0.25, -0.2) is 0 Å². The molecule has 8 nitrogen and oxygen atoms in total. The summed E-state index contributed by atoms with van der Waals surface area (Å²) in [5.41, 5.74) is 1.63. The fourth-order valence-corrected chi connectivity index (χ4v) is 5.93. The van der Waals surface area contributed by atoms with Crippen molar-refractivity contribution in [1.82, 2.24) is 20.4 Å².